The lowest BCUT2D eigenvalue weighted by molar-refractivity contribution is -0.132. The minimum atomic E-state index is -0.758. The summed E-state index contributed by atoms with van der Waals surface area (Å²) < 4.78 is 0.360. The van der Waals surface area contributed by atoms with Gasteiger partial charge in [-0.15, -0.1) is 11.3 Å². The normalized spacial score (nSPS) is 17.8. The second-order valence-corrected chi connectivity index (χ2v) is 8.98. The van der Waals surface area contributed by atoms with Crippen LogP contribution in [0.4, 0.5) is 0 Å². The van der Waals surface area contributed by atoms with Crippen LogP contribution in [0, 0.1) is 0 Å². The van der Waals surface area contributed by atoms with Gasteiger partial charge in [0, 0.05) is 4.88 Å². The predicted octanol–water partition coefficient (Wildman–Crippen LogP) is 3.06. The maximum absolute atomic E-state index is 12.8. The van der Waals surface area contributed by atoms with Crippen molar-refractivity contribution in [3.8, 4) is 0 Å². The number of nitrogens with one attached hydrogen (secondary N) is 1. The number of benzene rings is 1. The van der Waals surface area contributed by atoms with Crippen LogP contribution in [0.15, 0.2) is 52.7 Å². The lowest BCUT2D eigenvalue weighted by Crippen LogP contribution is -2.51. The maximum atomic E-state index is 12.8. The SMILES string of the molecule is C[C@H](C(=O)N[C@H](CO)Cc1ccccc1)N1C(=O)/C(=C/c2cccs2)SC1=S. The number of aliphatic hydroxyl groups is 1. The van der Waals surface area contributed by atoms with Crippen LogP contribution in [-0.4, -0.2) is 44.8 Å². The Kier molecular flexibility index (Phi) is 7.01. The molecule has 0 saturated carbocycles. The topological polar surface area (TPSA) is 69.6 Å². The lowest BCUT2D eigenvalue weighted by atomic mass is 10.1. The molecule has 2 amide bonds. The molecular formula is C20H20N2O3S3. The van der Waals surface area contributed by atoms with E-state index in [9.17, 15) is 14.7 Å². The van der Waals surface area contributed by atoms with Crippen LogP contribution < -0.4 is 5.32 Å². The molecule has 8 heteroatoms. The summed E-state index contributed by atoms with van der Waals surface area (Å²) in [6.07, 6.45) is 2.30. The van der Waals surface area contributed by atoms with E-state index in [1.54, 1.807) is 13.0 Å². The zero-order chi connectivity index (χ0) is 20.1. The molecule has 0 radical (unpaired) electrons. The Balaban J connectivity index is 1.66. The molecule has 1 saturated heterocycles. The molecule has 0 bridgehead atoms. The smallest absolute Gasteiger partial charge is 0.266 e. The second kappa shape index (κ2) is 9.47. The minimum Gasteiger partial charge on any atom is -0.394 e. The molecule has 1 aromatic carbocycles. The molecule has 1 aliphatic rings. The monoisotopic (exact) mass is 432 g/mol. The molecule has 1 aliphatic heterocycles. The fourth-order valence-corrected chi connectivity index (χ4v) is 4.96. The van der Waals surface area contributed by atoms with Crippen LogP contribution in [0.3, 0.4) is 0 Å². The molecule has 2 aromatic rings. The van der Waals surface area contributed by atoms with Crippen molar-refractivity contribution in [2.75, 3.05) is 6.61 Å². The summed E-state index contributed by atoms with van der Waals surface area (Å²) in [5.74, 6) is -0.613. The van der Waals surface area contributed by atoms with E-state index < -0.39 is 12.1 Å². The molecule has 1 fully saturated rings. The number of amides is 2. The van der Waals surface area contributed by atoms with Gasteiger partial charge in [0.2, 0.25) is 5.91 Å². The highest BCUT2D eigenvalue weighted by Crippen LogP contribution is 2.34. The van der Waals surface area contributed by atoms with Crippen molar-refractivity contribution in [2.45, 2.75) is 25.4 Å². The molecule has 0 unspecified atom stereocenters. The Hall–Kier alpha value is -2.00. The summed E-state index contributed by atoms with van der Waals surface area (Å²) >= 11 is 8.06. The third kappa shape index (κ3) is 4.88. The fourth-order valence-electron chi connectivity index (χ4n) is 2.82. The Morgan fingerprint density at radius 2 is 2.04 bits per heavy atom. The third-order valence-electron chi connectivity index (χ3n) is 4.30. The average molecular weight is 433 g/mol. The molecule has 2 heterocycles. The van der Waals surface area contributed by atoms with E-state index in [0.29, 0.717) is 15.6 Å². The number of carbonyl (C=O) groups is 2. The molecule has 1 aromatic heterocycles. The van der Waals surface area contributed by atoms with Gasteiger partial charge in [0.25, 0.3) is 5.91 Å². The highest BCUT2D eigenvalue weighted by Gasteiger charge is 2.38. The van der Waals surface area contributed by atoms with Crippen molar-refractivity contribution < 1.29 is 14.7 Å². The summed E-state index contributed by atoms with van der Waals surface area (Å²) in [7, 11) is 0. The first-order valence-electron chi connectivity index (χ1n) is 8.75. The van der Waals surface area contributed by atoms with Crippen LogP contribution in [0.2, 0.25) is 0 Å². The van der Waals surface area contributed by atoms with Gasteiger partial charge in [0.1, 0.15) is 10.4 Å². The fraction of sp³-hybridized carbons (Fsp3) is 0.250. The zero-order valence-electron chi connectivity index (χ0n) is 15.2. The number of rotatable bonds is 7. The highest BCUT2D eigenvalue weighted by atomic mass is 32.2. The summed E-state index contributed by atoms with van der Waals surface area (Å²) in [6, 6.07) is 12.3. The van der Waals surface area contributed by atoms with Gasteiger partial charge in [-0.1, -0.05) is 60.4 Å². The quantitative estimate of drug-likeness (QED) is 0.520. The zero-order valence-corrected chi connectivity index (χ0v) is 17.7. The van der Waals surface area contributed by atoms with E-state index in [4.69, 9.17) is 12.2 Å². The molecule has 146 valence electrons. The molecule has 28 heavy (non-hydrogen) atoms. The van der Waals surface area contributed by atoms with Crippen LogP contribution in [-0.2, 0) is 16.0 Å². The standard InChI is InChI=1S/C20H20N2O3S3/c1-13(18(24)21-15(12-23)10-14-6-3-2-4-7-14)22-19(25)17(28-20(22)26)11-16-8-5-9-27-16/h2-9,11,13,15,23H,10,12H2,1H3,(H,21,24)/b17-11-/t13-,15+/m1/s1. The number of hydrogen-bond acceptors (Lipinski definition) is 6. The van der Waals surface area contributed by atoms with Crippen molar-refractivity contribution >= 4 is 57.5 Å². The van der Waals surface area contributed by atoms with Gasteiger partial charge in [-0.2, -0.15) is 0 Å². The van der Waals surface area contributed by atoms with Gasteiger partial charge in [0.15, 0.2) is 0 Å². The van der Waals surface area contributed by atoms with Crippen LogP contribution in [0.25, 0.3) is 6.08 Å². The van der Waals surface area contributed by atoms with Crippen LogP contribution in [0.1, 0.15) is 17.4 Å². The Morgan fingerprint density at radius 3 is 2.68 bits per heavy atom. The van der Waals surface area contributed by atoms with E-state index in [0.717, 1.165) is 10.4 Å². The lowest BCUT2D eigenvalue weighted by Gasteiger charge is -2.25. The van der Waals surface area contributed by atoms with Crippen molar-refractivity contribution in [3.63, 3.8) is 0 Å². The second-order valence-electron chi connectivity index (χ2n) is 6.32. The van der Waals surface area contributed by atoms with Gasteiger partial charge in [0.05, 0.1) is 17.6 Å². The van der Waals surface area contributed by atoms with E-state index in [-0.39, 0.29) is 18.4 Å². The Morgan fingerprint density at radius 1 is 1.29 bits per heavy atom. The largest absolute Gasteiger partial charge is 0.394 e. The first kappa shape index (κ1) is 20.7. The van der Waals surface area contributed by atoms with Gasteiger partial charge < -0.3 is 10.4 Å². The third-order valence-corrected chi connectivity index (χ3v) is 6.45. The van der Waals surface area contributed by atoms with Crippen molar-refractivity contribution in [3.05, 3.63) is 63.2 Å². The van der Waals surface area contributed by atoms with Crippen molar-refractivity contribution in [1.82, 2.24) is 10.2 Å². The van der Waals surface area contributed by atoms with Gasteiger partial charge in [-0.25, -0.2) is 0 Å². The van der Waals surface area contributed by atoms with E-state index >= 15 is 0 Å². The minimum absolute atomic E-state index is 0.190. The summed E-state index contributed by atoms with van der Waals surface area (Å²) in [5.41, 5.74) is 1.01. The predicted molar refractivity (Wildman–Crippen MR) is 118 cm³/mol. The first-order valence-corrected chi connectivity index (χ1v) is 10.9. The first-order chi connectivity index (χ1) is 13.5. The van der Waals surface area contributed by atoms with Crippen LogP contribution in [0.5, 0.6) is 0 Å². The number of thioether (sulfide) groups is 1. The number of carbonyl (C=O) groups excluding carboxylic acids is 2. The van der Waals surface area contributed by atoms with E-state index in [1.807, 2.05) is 47.8 Å². The molecule has 2 atom stereocenters. The Bertz CT molecular complexity index is 881. The van der Waals surface area contributed by atoms with Crippen LogP contribution >= 0.6 is 35.3 Å². The summed E-state index contributed by atoms with van der Waals surface area (Å²) in [5, 5.41) is 14.4. The highest BCUT2D eigenvalue weighted by molar-refractivity contribution is 8.26. The number of hydrogen-bond donors (Lipinski definition) is 2. The molecular weight excluding hydrogens is 412 g/mol. The van der Waals surface area contributed by atoms with Crippen molar-refractivity contribution in [1.29, 1.82) is 0 Å². The number of aliphatic hydroxyl groups excluding tert-OH is 1. The molecule has 0 aliphatic carbocycles. The number of thiophene rings is 1. The van der Waals surface area contributed by atoms with E-state index in [1.165, 1.54) is 28.0 Å². The molecule has 5 nitrogen and oxygen atoms in total. The summed E-state index contributed by atoms with van der Waals surface area (Å²) in [6.45, 7) is 1.45. The van der Waals surface area contributed by atoms with E-state index in [2.05, 4.69) is 5.32 Å². The van der Waals surface area contributed by atoms with Gasteiger partial charge >= 0.3 is 0 Å². The summed E-state index contributed by atoms with van der Waals surface area (Å²) in [4.78, 5) is 28.3. The molecule has 0 spiro atoms. The average Bonchev–Trinajstić information content (AvgIpc) is 3.29. The Labute approximate surface area is 177 Å². The van der Waals surface area contributed by atoms with Crippen molar-refractivity contribution in [2.24, 2.45) is 0 Å². The van der Waals surface area contributed by atoms with Gasteiger partial charge in [-0.05, 0) is 36.4 Å². The van der Waals surface area contributed by atoms with Gasteiger partial charge in [-0.3, -0.25) is 14.5 Å². The molecule has 3 rings (SSSR count). The molecule has 2 N–H and O–H groups in total. The maximum Gasteiger partial charge on any atom is 0.266 e. The number of nitrogens with zero attached hydrogens (tertiary/aromatic N) is 1. The number of thiocarbonyl (C=S) groups is 1.